The van der Waals surface area contributed by atoms with Crippen molar-refractivity contribution >= 4 is 70.1 Å². The molecule has 0 fully saturated rings. The van der Waals surface area contributed by atoms with Crippen LogP contribution >= 0.6 is 35.0 Å². The van der Waals surface area contributed by atoms with E-state index in [1.54, 1.807) is 66.7 Å². The summed E-state index contributed by atoms with van der Waals surface area (Å²) in [5.74, 6) is -0.934. The zero-order chi connectivity index (χ0) is 29.4. The Morgan fingerprint density at radius 1 is 0.829 bits per heavy atom. The first-order valence-electron chi connectivity index (χ1n) is 12.6. The Morgan fingerprint density at radius 3 is 2.37 bits per heavy atom. The van der Waals surface area contributed by atoms with Crippen molar-refractivity contribution in [3.8, 4) is 0 Å². The Labute approximate surface area is 253 Å². The number of aryl methyl sites for hydroxylation is 2. The second-order valence-electron chi connectivity index (χ2n) is 9.18. The van der Waals surface area contributed by atoms with Gasteiger partial charge in [0.1, 0.15) is 5.70 Å². The third kappa shape index (κ3) is 8.72. The van der Waals surface area contributed by atoms with Gasteiger partial charge in [-0.2, -0.15) is 0 Å². The Balaban J connectivity index is 1.47. The van der Waals surface area contributed by atoms with Crippen molar-refractivity contribution < 1.29 is 14.4 Å². The minimum Gasteiger partial charge on any atom is -0.325 e. The lowest BCUT2D eigenvalue weighted by atomic mass is 10.1. The molecule has 0 spiro atoms. The van der Waals surface area contributed by atoms with Crippen molar-refractivity contribution in [1.82, 2.24) is 5.32 Å². The summed E-state index contributed by atoms with van der Waals surface area (Å²) in [7, 11) is 0. The first-order chi connectivity index (χ1) is 19.7. The molecule has 0 unspecified atom stereocenters. The summed E-state index contributed by atoms with van der Waals surface area (Å²) in [6.07, 6.45) is 1.49. The molecule has 9 heteroatoms. The third-order valence-electron chi connectivity index (χ3n) is 5.92. The molecule has 4 rings (SSSR count). The van der Waals surface area contributed by atoms with Crippen molar-refractivity contribution in [3.05, 3.63) is 129 Å². The van der Waals surface area contributed by atoms with Gasteiger partial charge in [0.15, 0.2) is 0 Å². The van der Waals surface area contributed by atoms with Crippen LogP contribution in [0, 0.1) is 13.8 Å². The zero-order valence-electron chi connectivity index (χ0n) is 22.3. The molecule has 0 atom stereocenters. The number of hydrogen-bond donors (Lipinski definition) is 3. The topological polar surface area (TPSA) is 87.3 Å². The second kappa shape index (κ2) is 14.0. The van der Waals surface area contributed by atoms with Gasteiger partial charge in [0, 0.05) is 31.9 Å². The van der Waals surface area contributed by atoms with Gasteiger partial charge in [0.2, 0.25) is 5.91 Å². The maximum atomic E-state index is 13.4. The number of nitrogens with one attached hydrogen (secondary N) is 3. The summed E-state index contributed by atoms with van der Waals surface area (Å²) in [6, 6.07) is 26.5. The molecule has 0 heterocycles. The number of amides is 3. The summed E-state index contributed by atoms with van der Waals surface area (Å²) in [5.41, 5.74) is 4.23. The van der Waals surface area contributed by atoms with Crippen LogP contribution in [-0.4, -0.2) is 23.5 Å². The lowest BCUT2D eigenvalue weighted by molar-refractivity contribution is -0.114. The number of benzene rings is 4. The highest BCUT2D eigenvalue weighted by molar-refractivity contribution is 8.00. The van der Waals surface area contributed by atoms with Crippen LogP contribution in [0.25, 0.3) is 6.08 Å². The van der Waals surface area contributed by atoms with Crippen LogP contribution in [0.5, 0.6) is 0 Å². The van der Waals surface area contributed by atoms with Crippen molar-refractivity contribution in [3.63, 3.8) is 0 Å². The maximum Gasteiger partial charge on any atom is 0.272 e. The first-order valence-corrected chi connectivity index (χ1v) is 14.4. The van der Waals surface area contributed by atoms with Crippen LogP contribution in [0.1, 0.15) is 27.0 Å². The van der Waals surface area contributed by atoms with E-state index in [9.17, 15) is 14.4 Å². The molecule has 208 valence electrons. The number of anilines is 2. The molecule has 0 saturated carbocycles. The monoisotopic (exact) mass is 603 g/mol. The van der Waals surface area contributed by atoms with Crippen LogP contribution in [0.2, 0.25) is 10.0 Å². The molecule has 0 saturated heterocycles. The molecule has 6 nitrogen and oxygen atoms in total. The molecule has 41 heavy (non-hydrogen) atoms. The quantitative estimate of drug-likeness (QED) is 0.135. The highest BCUT2D eigenvalue weighted by Gasteiger charge is 2.16. The standard InChI is InChI=1S/C32H27Cl2N3O3S/c1-20-11-12-21(2)28(15-20)36-30(38)19-41-26-10-6-9-25(18-26)35-32(40)29(16-23-13-14-24(33)17-27(23)34)37-31(39)22-7-4-3-5-8-22/h3-18H,19H2,1-2H3,(H,35,40)(H,36,38)(H,37,39)/b29-16+. The lowest BCUT2D eigenvalue weighted by Gasteiger charge is -2.13. The van der Waals surface area contributed by atoms with E-state index in [1.807, 2.05) is 38.1 Å². The second-order valence-corrected chi connectivity index (χ2v) is 11.1. The minimum atomic E-state index is -0.546. The fourth-order valence-electron chi connectivity index (χ4n) is 3.78. The molecular weight excluding hydrogens is 577 g/mol. The molecule has 0 bridgehead atoms. The lowest BCUT2D eigenvalue weighted by Crippen LogP contribution is -2.30. The van der Waals surface area contributed by atoms with Gasteiger partial charge < -0.3 is 16.0 Å². The van der Waals surface area contributed by atoms with Gasteiger partial charge in [-0.05, 0) is 85.1 Å². The van der Waals surface area contributed by atoms with E-state index in [0.717, 1.165) is 21.7 Å². The summed E-state index contributed by atoms with van der Waals surface area (Å²) in [4.78, 5) is 39.6. The van der Waals surface area contributed by atoms with E-state index in [-0.39, 0.29) is 17.4 Å². The molecule has 0 radical (unpaired) electrons. The van der Waals surface area contributed by atoms with Gasteiger partial charge in [0.05, 0.1) is 5.75 Å². The van der Waals surface area contributed by atoms with Crippen molar-refractivity contribution in [2.24, 2.45) is 0 Å². The first kappa shape index (κ1) is 29.9. The number of hydrogen-bond acceptors (Lipinski definition) is 4. The molecule has 0 aliphatic heterocycles. The van der Waals surface area contributed by atoms with Gasteiger partial charge in [-0.15, -0.1) is 11.8 Å². The Bertz CT molecular complexity index is 1620. The largest absolute Gasteiger partial charge is 0.325 e. The third-order valence-corrected chi connectivity index (χ3v) is 7.48. The number of carbonyl (C=O) groups is 3. The summed E-state index contributed by atoms with van der Waals surface area (Å²) < 4.78 is 0. The fraction of sp³-hybridized carbons (Fsp3) is 0.0938. The van der Waals surface area contributed by atoms with Crippen LogP contribution in [0.3, 0.4) is 0 Å². The van der Waals surface area contributed by atoms with Crippen molar-refractivity contribution in [2.45, 2.75) is 18.7 Å². The van der Waals surface area contributed by atoms with Gasteiger partial charge in [-0.1, -0.05) is 65.7 Å². The van der Waals surface area contributed by atoms with Crippen LogP contribution in [0.4, 0.5) is 11.4 Å². The minimum absolute atomic E-state index is 0.00552. The van der Waals surface area contributed by atoms with E-state index in [2.05, 4.69) is 16.0 Å². The molecule has 3 N–H and O–H groups in total. The molecule has 0 aromatic heterocycles. The molecule has 4 aromatic rings. The van der Waals surface area contributed by atoms with E-state index < -0.39 is 11.8 Å². The predicted octanol–water partition coefficient (Wildman–Crippen LogP) is 7.75. The zero-order valence-corrected chi connectivity index (χ0v) is 24.7. The molecular formula is C32H27Cl2N3O3S. The van der Waals surface area contributed by atoms with E-state index in [1.165, 1.54) is 17.8 Å². The van der Waals surface area contributed by atoms with Gasteiger partial charge >= 0.3 is 0 Å². The van der Waals surface area contributed by atoms with Crippen LogP contribution in [-0.2, 0) is 9.59 Å². The number of carbonyl (C=O) groups excluding carboxylic acids is 3. The van der Waals surface area contributed by atoms with Gasteiger partial charge in [-0.25, -0.2) is 0 Å². The smallest absolute Gasteiger partial charge is 0.272 e. The molecule has 0 aliphatic carbocycles. The van der Waals surface area contributed by atoms with E-state index >= 15 is 0 Å². The van der Waals surface area contributed by atoms with Crippen LogP contribution < -0.4 is 16.0 Å². The average molecular weight is 605 g/mol. The molecule has 0 aliphatic rings. The number of halogens is 2. The normalized spacial score (nSPS) is 11.1. The van der Waals surface area contributed by atoms with Crippen molar-refractivity contribution in [2.75, 3.05) is 16.4 Å². The van der Waals surface area contributed by atoms with Crippen molar-refractivity contribution in [1.29, 1.82) is 0 Å². The highest BCUT2D eigenvalue weighted by Crippen LogP contribution is 2.25. The fourth-order valence-corrected chi connectivity index (χ4v) is 5.00. The summed E-state index contributed by atoms with van der Waals surface area (Å²) in [6.45, 7) is 3.92. The number of rotatable bonds is 9. The predicted molar refractivity (Wildman–Crippen MR) is 169 cm³/mol. The Kier molecular flexibility index (Phi) is 10.2. The number of thioether (sulfide) groups is 1. The summed E-state index contributed by atoms with van der Waals surface area (Å²) >= 11 is 13.7. The molecule has 4 aromatic carbocycles. The Hall–Kier alpha value is -4.04. The van der Waals surface area contributed by atoms with Gasteiger partial charge in [-0.3, -0.25) is 14.4 Å². The maximum absolute atomic E-state index is 13.4. The SMILES string of the molecule is Cc1ccc(C)c(NC(=O)CSc2cccc(NC(=O)/C(=C\c3ccc(Cl)cc3Cl)NC(=O)c3ccccc3)c2)c1. The van der Waals surface area contributed by atoms with Crippen LogP contribution in [0.15, 0.2) is 102 Å². The Morgan fingerprint density at radius 2 is 1.61 bits per heavy atom. The van der Waals surface area contributed by atoms with E-state index in [0.29, 0.717) is 26.9 Å². The highest BCUT2D eigenvalue weighted by atomic mass is 35.5. The summed E-state index contributed by atoms with van der Waals surface area (Å²) in [5, 5.41) is 9.24. The molecule has 3 amide bonds. The average Bonchev–Trinajstić information content (AvgIpc) is 2.95. The van der Waals surface area contributed by atoms with Gasteiger partial charge in [0.25, 0.3) is 11.8 Å². The van der Waals surface area contributed by atoms with E-state index in [4.69, 9.17) is 23.2 Å².